The lowest BCUT2D eigenvalue weighted by Crippen LogP contribution is -2.10. The lowest BCUT2D eigenvalue weighted by atomic mass is 10.1. The van der Waals surface area contributed by atoms with Gasteiger partial charge in [0.15, 0.2) is 5.58 Å². The minimum Gasteiger partial charge on any atom is -0.408 e. The van der Waals surface area contributed by atoms with Crippen LogP contribution in [0.5, 0.6) is 0 Å². The normalized spacial score (nSPS) is 12.3. The van der Waals surface area contributed by atoms with Gasteiger partial charge in [-0.2, -0.15) is 0 Å². The Bertz CT molecular complexity index is 1150. The molecular weight excluding hydrogens is 366 g/mol. The Hall–Kier alpha value is -3.19. The Morgan fingerprint density at radius 2 is 1.93 bits per heavy atom. The summed E-state index contributed by atoms with van der Waals surface area (Å²) in [6.07, 6.45) is 1.64. The molecule has 2 aromatic heterocycles. The second-order valence-electron chi connectivity index (χ2n) is 6.19. The van der Waals surface area contributed by atoms with Crippen LogP contribution in [0.25, 0.3) is 22.4 Å². The molecule has 1 unspecified atom stereocenters. The fourth-order valence-corrected chi connectivity index (χ4v) is 2.91. The summed E-state index contributed by atoms with van der Waals surface area (Å²) in [5.74, 6) is 0.0279. The van der Waals surface area contributed by atoms with E-state index in [-0.39, 0.29) is 6.04 Å². The van der Waals surface area contributed by atoms with Crippen LogP contribution in [0.1, 0.15) is 18.5 Å². The van der Waals surface area contributed by atoms with Gasteiger partial charge in [-0.1, -0.05) is 23.7 Å². The van der Waals surface area contributed by atoms with Crippen molar-refractivity contribution in [1.29, 1.82) is 0 Å². The number of halogens is 1. The fourth-order valence-electron chi connectivity index (χ4n) is 2.79. The molecule has 0 aliphatic heterocycles. The van der Waals surface area contributed by atoms with Gasteiger partial charge in [-0.15, -0.1) is 10.2 Å². The highest BCUT2D eigenvalue weighted by atomic mass is 35.5. The third kappa shape index (κ3) is 3.41. The van der Waals surface area contributed by atoms with E-state index < -0.39 is 5.76 Å². The molecule has 0 saturated heterocycles. The van der Waals surface area contributed by atoms with Gasteiger partial charge in [0.2, 0.25) is 5.95 Å². The number of hydrogen-bond acceptors (Lipinski definition) is 6. The van der Waals surface area contributed by atoms with Gasteiger partial charge < -0.3 is 9.73 Å². The maximum absolute atomic E-state index is 11.6. The van der Waals surface area contributed by atoms with E-state index in [9.17, 15) is 4.79 Å². The smallest absolute Gasteiger partial charge is 0.408 e. The van der Waals surface area contributed by atoms with Crippen LogP contribution in [0, 0.1) is 0 Å². The first-order chi connectivity index (χ1) is 13.0. The van der Waals surface area contributed by atoms with Gasteiger partial charge in [-0.3, -0.25) is 4.57 Å². The minimum atomic E-state index is -0.401. The number of anilines is 1. The summed E-state index contributed by atoms with van der Waals surface area (Å²) < 4.78 is 6.59. The molecule has 0 bridgehead atoms. The molecule has 1 atom stereocenters. The van der Waals surface area contributed by atoms with Gasteiger partial charge in [0.05, 0.1) is 17.8 Å². The van der Waals surface area contributed by atoms with Crippen molar-refractivity contribution >= 4 is 28.6 Å². The molecule has 0 saturated carbocycles. The van der Waals surface area contributed by atoms with Crippen molar-refractivity contribution in [3.05, 3.63) is 69.8 Å². The maximum atomic E-state index is 11.6. The Kier molecular flexibility index (Phi) is 4.37. The second kappa shape index (κ2) is 6.85. The molecule has 4 rings (SSSR count). The van der Waals surface area contributed by atoms with Crippen LogP contribution in [-0.2, 0) is 7.05 Å². The Morgan fingerprint density at radius 3 is 2.63 bits per heavy atom. The molecule has 0 spiro atoms. The molecule has 0 amide bonds. The Morgan fingerprint density at radius 1 is 1.15 bits per heavy atom. The number of aromatic nitrogens is 4. The highest BCUT2D eigenvalue weighted by molar-refractivity contribution is 6.30. The van der Waals surface area contributed by atoms with Crippen molar-refractivity contribution in [1.82, 2.24) is 19.7 Å². The van der Waals surface area contributed by atoms with Crippen molar-refractivity contribution in [2.45, 2.75) is 13.0 Å². The summed E-state index contributed by atoms with van der Waals surface area (Å²) in [6, 6.07) is 13.0. The zero-order valence-electron chi connectivity index (χ0n) is 14.7. The number of aryl methyl sites for hydroxylation is 1. The third-order valence-electron chi connectivity index (χ3n) is 4.36. The number of fused-ring (bicyclic) bond motifs is 1. The molecule has 8 heteroatoms. The first-order valence-corrected chi connectivity index (χ1v) is 8.71. The highest BCUT2D eigenvalue weighted by Crippen LogP contribution is 2.23. The highest BCUT2D eigenvalue weighted by Gasteiger charge is 2.11. The van der Waals surface area contributed by atoms with Crippen molar-refractivity contribution in [3.63, 3.8) is 0 Å². The van der Waals surface area contributed by atoms with E-state index in [0.717, 1.165) is 11.1 Å². The number of oxazole rings is 1. The van der Waals surface area contributed by atoms with Gasteiger partial charge in [-0.05, 0) is 42.8 Å². The predicted molar refractivity (Wildman–Crippen MR) is 104 cm³/mol. The molecule has 27 heavy (non-hydrogen) atoms. The van der Waals surface area contributed by atoms with Crippen molar-refractivity contribution in [3.8, 4) is 11.3 Å². The average molecular weight is 382 g/mol. The number of nitrogens with zero attached hydrogens (tertiary/aromatic N) is 4. The molecule has 1 N–H and O–H groups in total. The first kappa shape index (κ1) is 17.2. The summed E-state index contributed by atoms with van der Waals surface area (Å²) in [7, 11) is 1.66. The van der Waals surface area contributed by atoms with E-state index in [1.807, 2.05) is 43.3 Å². The summed E-state index contributed by atoms with van der Waals surface area (Å²) in [6.45, 7) is 2.01. The first-order valence-electron chi connectivity index (χ1n) is 8.33. The lowest BCUT2D eigenvalue weighted by Gasteiger charge is -2.13. The molecule has 0 radical (unpaired) electrons. The third-order valence-corrected chi connectivity index (χ3v) is 4.62. The van der Waals surface area contributed by atoms with Gasteiger partial charge in [0.1, 0.15) is 5.69 Å². The number of hydrogen-bond donors (Lipinski definition) is 1. The van der Waals surface area contributed by atoms with E-state index in [1.165, 1.54) is 4.57 Å². The second-order valence-corrected chi connectivity index (χ2v) is 6.63. The average Bonchev–Trinajstić information content (AvgIpc) is 2.96. The molecule has 7 nitrogen and oxygen atoms in total. The number of rotatable bonds is 4. The quantitative estimate of drug-likeness (QED) is 0.578. The molecule has 0 aliphatic carbocycles. The zero-order chi connectivity index (χ0) is 19.0. The molecule has 0 aliphatic rings. The summed E-state index contributed by atoms with van der Waals surface area (Å²) in [5, 5.41) is 12.3. The summed E-state index contributed by atoms with van der Waals surface area (Å²) in [5.41, 5.74) is 3.70. The lowest BCUT2D eigenvalue weighted by molar-refractivity contribution is 0.528. The molecular formula is C19H16ClN5O2. The molecule has 0 fully saturated rings. The van der Waals surface area contributed by atoms with Gasteiger partial charge in [0.25, 0.3) is 0 Å². The van der Waals surface area contributed by atoms with E-state index in [4.69, 9.17) is 16.0 Å². The fraction of sp³-hybridized carbons (Fsp3) is 0.158. The van der Waals surface area contributed by atoms with E-state index in [2.05, 4.69) is 20.5 Å². The standard InChI is InChI=1S/C19H16ClN5O2/c1-11(12-3-6-14(20)7-4-12)22-18-21-10-15(23-24-18)13-5-8-17-16(9-13)25(2)19(26)27-17/h3-11H,1-2H3,(H,21,22,24). The molecule has 2 heterocycles. The van der Waals surface area contributed by atoms with Gasteiger partial charge in [-0.25, -0.2) is 9.78 Å². The Balaban J connectivity index is 1.56. The molecule has 4 aromatic rings. The maximum Gasteiger partial charge on any atom is 0.419 e. The SMILES string of the molecule is CC(Nc1ncc(-c2ccc3oc(=O)n(C)c3c2)nn1)c1ccc(Cl)cc1. The largest absolute Gasteiger partial charge is 0.419 e. The monoisotopic (exact) mass is 381 g/mol. The van der Waals surface area contributed by atoms with Crippen LogP contribution in [0.3, 0.4) is 0 Å². The summed E-state index contributed by atoms with van der Waals surface area (Å²) in [4.78, 5) is 16.0. The van der Waals surface area contributed by atoms with Crippen LogP contribution < -0.4 is 11.1 Å². The molecule has 136 valence electrons. The van der Waals surface area contributed by atoms with E-state index in [1.54, 1.807) is 19.3 Å². The van der Waals surface area contributed by atoms with Crippen LogP contribution in [0.2, 0.25) is 5.02 Å². The van der Waals surface area contributed by atoms with Gasteiger partial charge in [0, 0.05) is 17.6 Å². The van der Waals surface area contributed by atoms with Crippen molar-refractivity contribution in [2.24, 2.45) is 7.05 Å². The predicted octanol–water partition coefficient (Wildman–Crippen LogP) is 3.81. The zero-order valence-corrected chi connectivity index (χ0v) is 15.4. The van der Waals surface area contributed by atoms with Crippen LogP contribution in [-0.4, -0.2) is 19.7 Å². The number of benzene rings is 2. The van der Waals surface area contributed by atoms with Crippen LogP contribution in [0.15, 0.2) is 57.9 Å². The van der Waals surface area contributed by atoms with Crippen LogP contribution in [0.4, 0.5) is 5.95 Å². The summed E-state index contributed by atoms with van der Waals surface area (Å²) >= 11 is 5.92. The van der Waals surface area contributed by atoms with Crippen molar-refractivity contribution in [2.75, 3.05) is 5.32 Å². The Labute approximate surface area is 159 Å². The topological polar surface area (TPSA) is 85.8 Å². The van der Waals surface area contributed by atoms with Crippen LogP contribution >= 0.6 is 11.6 Å². The van der Waals surface area contributed by atoms with Gasteiger partial charge >= 0.3 is 5.76 Å². The van der Waals surface area contributed by atoms with E-state index in [0.29, 0.717) is 27.8 Å². The minimum absolute atomic E-state index is 0.00622. The van der Waals surface area contributed by atoms with E-state index >= 15 is 0 Å². The molecule has 2 aromatic carbocycles. The van der Waals surface area contributed by atoms with Crippen molar-refractivity contribution < 1.29 is 4.42 Å². The number of nitrogens with one attached hydrogen (secondary N) is 1.